The van der Waals surface area contributed by atoms with E-state index in [2.05, 4.69) is 36.4 Å². The second kappa shape index (κ2) is 10.7. The summed E-state index contributed by atoms with van der Waals surface area (Å²) in [6, 6.07) is 23.4. The van der Waals surface area contributed by atoms with Crippen LogP contribution in [-0.2, 0) is 16.2 Å². The van der Waals surface area contributed by atoms with Crippen molar-refractivity contribution in [1.82, 2.24) is 0 Å². The zero-order valence-corrected chi connectivity index (χ0v) is 29.8. The monoisotopic (exact) mass is 708 g/mol. The lowest BCUT2D eigenvalue weighted by Crippen LogP contribution is -2.49. The highest BCUT2D eigenvalue weighted by Crippen LogP contribution is 2.66. The summed E-state index contributed by atoms with van der Waals surface area (Å²) in [7, 11) is 0. The maximum atomic E-state index is 13.0. The van der Waals surface area contributed by atoms with E-state index in [0.29, 0.717) is 57.8 Å². The molecule has 8 bridgehead atoms. The highest BCUT2D eigenvalue weighted by atomic mass is 16.6. The lowest BCUT2D eigenvalue weighted by molar-refractivity contribution is -0.386. The van der Waals surface area contributed by atoms with E-state index in [1.807, 2.05) is 24.3 Å². The van der Waals surface area contributed by atoms with Crippen molar-refractivity contribution >= 4 is 11.4 Å². The average Bonchev–Trinajstić information content (AvgIpc) is 3.41. The van der Waals surface area contributed by atoms with Gasteiger partial charge < -0.3 is 10.2 Å². The minimum Gasteiger partial charge on any atom is -0.502 e. The molecule has 8 saturated carbocycles. The first kappa shape index (κ1) is 31.8. The maximum absolute atomic E-state index is 13.0. The third-order valence-electron chi connectivity index (χ3n) is 15.6. The molecule has 4 aromatic rings. The molecule has 270 valence electrons. The third kappa shape index (κ3) is 4.24. The summed E-state index contributed by atoms with van der Waals surface area (Å²) in [6.07, 6.45) is 12.6. The number of phenolic OH excluding ortho intramolecular Hbond substituents is 2. The number of nitrogens with zero attached hydrogens (tertiary/aromatic N) is 2. The van der Waals surface area contributed by atoms with Crippen LogP contribution >= 0.6 is 0 Å². The summed E-state index contributed by atoms with van der Waals surface area (Å²) in [5.74, 6) is 2.82. The van der Waals surface area contributed by atoms with Crippen molar-refractivity contribution in [3.05, 3.63) is 126 Å². The van der Waals surface area contributed by atoms with Crippen LogP contribution in [0.15, 0.2) is 72.8 Å². The third-order valence-corrected chi connectivity index (χ3v) is 15.6. The maximum Gasteiger partial charge on any atom is 0.311 e. The summed E-state index contributed by atoms with van der Waals surface area (Å²) in [5, 5.41) is 50.0. The number of aromatic hydroxyl groups is 2. The Bertz CT molecular complexity index is 2050. The first-order chi connectivity index (χ1) is 25.6. The first-order valence-corrected chi connectivity index (χ1v) is 19.8. The molecule has 0 amide bonds. The van der Waals surface area contributed by atoms with Gasteiger partial charge in [-0.2, -0.15) is 0 Å². The number of phenols is 2. The van der Waals surface area contributed by atoms with E-state index in [-0.39, 0.29) is 33.7 Å². The number of nitro benzene ring substituents is 2. The van der Waals surface area contributed by atoms with Gasteiger partial charge in [-0.1, -0.05) is 48.5 Å². The standard InChI is InChI=1S/C45H44N2O6/c48-41-37(43-19-25-9-26(20-43)11-27(10-25)21-43)15-31(17-39(41)46(50)51)45(35-7-3-1-5-33(35)34-6-2-4-8-36(34)45)32-16-38(42(49)40(18-32)47(52)53)44-22-28-12-29(23-44)14-30(13-28)24-44/h1-8,15-18,25-30,48-49H,9-14,19-24H2. The second-order valence-electron chi connectivity index (χ2n) is 18.5. The van der Waals surface area contributed by atoms with Gasteiger partial charge in [-0.3, -0.25) is 20.2 Å². The van der Waals surface area contributed by atoms with Gasteiger partial charge in [0.15, 0.2) is 11.5 Å². The van der Waals surface area contributed by atoms with Gasteiger partial charge in [0.2, 0.25) is 0 Å². The van der Waals surface area contributed by atoms with Crippen LogP contribution in [0.4, 0.5) is 11.4 Å². The van der Waals surface area contributed by atoms with Gasteiger partial charge in [0.25, 0.3) is 0 Å². The summed E-state index contributed by atoms with van der Waals surface area (Å²) >= 11 is 0. The van der Waals surface area contributed by atoms with Gasteiger partial charge in [0.05, 0.1) is 15.3 Å². The quantitative estimate of drug-likeness (QED) is 0.134. The summed E-state index contributed by atoms with van der Waals surface area (Å²) in [5.41, 5.74) is 3.82. The topological polar surface area (TPSA) is 127 Å². The van der Waals surface area contributed by atoms with Crippen molar-refractivity contribution in [3.8, 4) is 22.6 Å². The van der Waals surface area contributed by atoms with E-state index < -0.39 is 15.3 Å². The largest absolute Gasteiger partial charge is 0.502 e. The number of nitro groups is 2. The molecule has 0 saturated heterocycles. The number of benzene rings is 4. The van der Waals surface area contributed by atoms with Crippen molar-refractivity contribution in [2.24, 2.45) is 35.5 Å². The van der Waals surface area contributed by atoms with Crippen LogP contribution in [0.3, 0.4) is 0 Å². The van der Waals surface area contributed by atoms with Gasteiger partial charge in [-0.25, -0.2) is 0 Å². The Morgan fingerprint density at radius 3 is 1.13 bits per heavy atom. The van der Waals surface area contributed by atoms with Gasteiger partial charge in [-0.15, -0.1) is 0 Å². The van der Waals surface area contributed by atoms with E-state index >= 15 is 0 Å². The minimum absolute atomic E-state index is 0.235. The van der Waals surface area contributed by atoms with E-state index in [1.54, 1.807) is 12.1 Å². The molecular formula is C45H44N2O6. The molecule has 8 nitrogen and oxygen atoms in total. The Morgan fingerprint density at radius 2 is 0.811 bits per heavy atom. The predicted molar refractivity (Wildman–Crippen MR) is 200 cm³/mol. The lowest BCUT2D eigenvalue weighted by Gasteiger charge is -2.57. The molecular weight excluding hydrogens is 665 g/mol. The highest BCUT2D eigenvalue weighted by molar-refractivity contribution is 5.87. The molecule has 53 heavy (non-hydrogen) atoms. The molecule has 0 aromatic heterocycles. The molecule has 2 N–H and O–H groups in total. The van der Waals surface area contributed by atoms with E-state index in [0.717, 1.165) is 60.8 Å². The Balaban J connectivity index is 1.23. The van der Waals surface area contributed by atoms with E-state index in [9.17, 15) is 30.4 Å². The molecule has 0 unspecified atom stereocenters. The molecule has 9 aliphatic carbocycles. The molecule has 8 fully saturated rings. The molecule has 0 spiro atoms. The second-order valence-corrected chi connectivity index (χ2v) is 18.5. The van der Waals surface area contributed by atoms with Crippen LogP contribution in [0, 0.1) is 55.7 Å². The van der Waals surface area contributed by atoms with Crippen LogP contribution in [-0.4, -0.2) is 20.1 Å². The minimum atomic E-state index is -1.18. The lowest BCUT2D eigenvalue weighted by atomic mass is 9.47. The first-order valence-electron chi connectivity index (χ1n) is 19.8. The zero-order valence-electron chi connectivity index (χ0n) is 29.8. The predicted octanol–water partition coefficient (Wildman–Crippen LogP) is 10.2. The van der Waals surface area contributed by atoms with Crippen LogP contribution in [0.25, 0.3) is 11.1 Å². The van der Waals surface area contributed by atoms with E-state index in [4.69, 9.17) is 0 Å². The van der Waals surface area contributed by atoms with Crippen LogP contribution in [0.2, 0.25) is 0 Å². The van der Waals surface area contributed by atoms with Crippen LogP contribution < -0.4 is 0 Å². The molecule has 4 aromatic carbocycles. The molecule has 9 aliphatic rings. The fraction of sp³-hybridized carbons (Fsp3) is 0.467. The van der Waals surface area contributed by atoms with Crippen LogP contribution in [0.1, 0.15) is 110 Å². The van der Waals surface area contributed by atoms with Crippen molar-refractivity contribution in [1.29, 1.82) is 0 Å². The van der Waals surface area contributed by atoms with Gasteiger partial charge >= 0.3 is 11.4 Å². The van der Waals surface area contributed by atoms with Gasteiger partial charge in [0, 0.05) is 34.1 Å². The van der Waals surface area contributed by atoms with Crippen molar-refractivity contribution in [2.45, 2.75) is 93.3 Å². The highest BCUT2D eigenvalue weighted by Gasteiger charge is 2.57. The SMILES string of the molecule is O=[N+]([O-])c1cc(C2(c3cc([N+](=O)[O-])c(O)c(C45CC6CC(CC(C6)C4)C5)c3)c3ccccc3-c3ccccc32)cc(C23CC4CC(CC(C4)C2)C3)c1O. The molecule has 0 atom stereocenters. The summed E-state index contributed by atoms with van der Waals surface area (Å²) in [4.78, 5) is 25.1. The van der Waals surface area contributed by atoms with Gasteiger partial charge in [-0.05, 0) is 158 Å². The fourth-order valence-corrected chi connectivity index (χ4v) is 14.7. The average molecular weight is 709 g/mol. The number of rotatable bonds is 6. The molecule has 0 radical (unpaired) electrons. The van der Waals surface area contributed by atoms with Crippen molar-refractivity contribution in [3.63, 3.8) is 0 Å². The molecule has 0 aliphatic heterocycles. The van der Waals surface area contributed by atoms with E-state index in [1.165, 1.54) is 38.5 Å². The van der Waals surface area contributed by atoms with Crippen molar-refractivity contribution in [2.75, 3.05) is 0 Å². The zero-order chi connectivity index (χ0) is 36.0. The number of hydrogen-bond donors (Lipinski definition) is 2. The van der Waals surface area contributed by atoms with Gasteiger partial charge in [0.1, 0.15) is 0 Å². The molecule has 13 rings (SSSR count). The van der Waals surface area contributed by atoms with Crippen molar-refractivity contribution < 1.29 is 20.1 Å². The Hall–Kier alpha value is -4.72. The molecule has 8 heteroatoms. The Labute approximate surface area is 308 Å². The van der Waals surface area contributed by atoms with Crippen LogP contribution in [0.5, 0.6) is 11.5 Å². The summed E-state index contributed by atoms with van der Waals surface area (Å²) in [6.45, 7) is 0. The Morgan fingerprint density at radius 1 is 0.491 bits per heavy atom. The fourth-order valence-electron chi connectivity index (χ4n) is 14.7. The Kier molecular flexibility index (Phi) is 6.42. The number of fused-ring (bicyclic) bond motifs is 3. The summed E-state index contributed by atoms with van der Waals surface area (Å²) < 4.78 is 0. The smallest absolute Gasteiger partial charge is 0.311 e. The normalized spacial score (nSPS) is 33.5. The number of hydrogen-bond acceptors (Lipinski definition) is 6. The molecule has 0 heterocycles.